The Morgan fingerprint density at radius 2 is 1.81 bits per heavy atom. The molecule has 0 spiro atoms. The Hall–Kier alpha value is -2.89. The third kappa shape index (κ3) is 4.61. The first-order valence-corrected chi connectivity index (χ1v) is 6.43. The second-order valence-corrected chi connectivity index (χ2v) is 4.39. The van der Waals surface area contributed by atoms with Gasteiger partial charge in [-0.05, 0) is 11.6 Å². The Balaban J connectivity index is 1.79. The van der Waals surface area contributed by atoms with Crippen molar-refractivity contribution < 1.29 is 9.59 Å². The topological polar surface area (TPSA) is 91.1 Å². The third-order valence-corrected chi connectivity index (χ3v) is 2.78. The number of carbonyl (C=O) groups is 2. The van der Waals surface area contributed by atoms with Gasteiger partial charge in [-0.2, -0.15) is 0 Å². The molecule has 2 amide bonds. The molecule has 0 saturated heterocycles. The fraction of sp³-hybridized carbons (Fsp3) is 0.133. The molecule has 0 radical (unpaired) electrons. The average molecular weight is 285 g/mol. The Morgan fingerprint density at radius 1 is 1.05 bits per heavy atom. The summed E-state index contributed by atoms with van der Waals surface area (Å²) >= 11 is 0. The normalized spacial score (nSPS) is 9.90. The second kappa shape index (κ2) is 7.04. The van der Waals surface area contributed by atoms with E-state index in [4.69, 9.17) is 0 Å². The first-order valence-electron chi connectivity index (χ1n) is 6.43. The fourth-order valence-corrected chi connectivity index (χ4v) is 1.71. The van der Waals surface area contributed by atoms with E-state index < -0.39 is 5.91 Å². The first kappa shape index (κ1) is 14.5. The maximum atomic E-state index is 11.7. The highest BCUT2D eigenvalue weighted by atomic mass is 16.2. The molecule has 0 fully saturated rings. The van der Waals surface area contributed by atoms with Crippen molar-refractivity contribution in [2.75, 3.05) is 6.54 Å². The molecule has 6 heteroatoms. The summed E-state index contributed by atoms with van der Waals surface area (Å²) in [6.07, 6.45) is 1.38. The van der Waals surface area contributed by atoms with Gasteiger partial charge in [-0.1, -0.05) is 30.3 Å². The number of amides is 2. The minimum atomic E-state index is -0.462. The van der Waals surface area contributed by atoms with Gasteiger partial charge in [0.25, 0.3) is 5.91 Å². The first-order chi connectivity index (χ1) is 10.1. The lowest BCUT2D eigenvalue weighted by molar-refractivity contribution is -0.120. The summed E-state index contributed by atoms with van der Waals surface area (Å²) in [5.41, 5.74) is 0.831. The Kier molecular flexibility index (Phi) is 4.87. The lowest BCUT2D eigenvalue weighted by Crippen LogP contribution is -2.36. The van der Waals surface area contributed by atoms with Crippen LogP contribution in [0.3, 0.4) is 0 Å². The molecule has 1 aromatic heterocycles. The van der Waals surface area contributed by atoms with Gasteiger partial charge < -0.3 is 15.6 Å². The number of benzene rings is 1. The molecule has 0 atom stereocenters. The minimum Gasteiger partial charge on any atom is -0.350 e. The quantitative estimate of drug-likeness (QED) is 0.743. The largest absolute Gasteiger partial charge is 0.350 e. The molecule has 6 nitrogen and oxygen atoms in total. The summed E-state index contributed by atoms with van der Waals surface area (Å²) in [6.45, 7) is 0.263. The molecule has 108 valence electrons. The van der Waals surface area contributed by atoms with Crippen molar-refractivity contribution in [1.29, 1.82) is 0 Å². The van der Waals surface area contributed by atoms with E-state index in [2.05, 4.69) is 15.6 Å². The molecule has 21 heavy (non-hydrogen) atoms. The SMILES string of the molecule is O=C(CNC(=O)c1cc[nH]c(=O)c1)NCc1ccccc1. The molecule has 2 rings (SSSR count). The van der Waals surface area contributed by atoms with Crippen LogP contribution in [0.25, 0.3) is 0 Å². The predicted octanol–water partition coefficient (Wildman–Crippen LogP) is 0.421. The van der Waals surface area contributed by atoms with Crippen LogP contribution in [-0.2, 0) is 11.3 Å². The zero-order valence-corrected chi connectivity index (χ0v) is 11.3. The average Bonchev–Trinajstić information content (AvgIpc) is 2.51. The number of aromatic amines is 1. The number of carbonyl (C=O) groups excluding carboxylic acids is 2. The molecule has 2 aromatic rings. The highest BCUT2D eigenvalue weighted by Gasteiger charge is 2.08. The van der Waals surface area contributed by atoms with E-state index in [1.807, 2.05) is 30.3 Å². The molecular formula is C15H15N3O3. The number of aromatic nitrogens is 1. The maximum absolute atomic E-state index is 11.7. The summed E-state index contributed by atoms with van der Waals surface area (Å²) in [7, 11) is 0. The van der Waals surface area contributed by atoms with Gasteiger partial charge in [0.15, 0.2) is 0 Å². The van der Waals surface area contributed by atoms with Crippen LogP contribution >= 0.6 is 0 Å². The lowest BCUT2D eigenvalue weighted by Gasteiger charge is -2.07. The van der Waals surface area contributed by atoms with Gasteiger partial charge >= 0.3 is 0 Å². The predicted molar refractivity (Wildman–Crippen MR) is 77.7 cm³/mol. The van der Waals surface area contributed by atoms with Crippen LogP contribution in [0.5, 0.6) is 0 Å². The molecular weight excluding hydrogens is 270 g/mol. The molecule has 0 aliphatic heterocycles. The highest BCUT2D eigenvalue weighted by Crippen LogP contribution is 1.97. The fourth-order valence-electron chi connectivity index (χ4n) is 1.71. The Morgan fingerprint density at radius 3 is 2.52 bits per heavy atom. The van der Waals surface area contributed by atoms with Crippen molar-refractivity contribution >= 4 is 11.8 Å². The number of nitrogens with one attached hydrogen (secondary N) is 3. The molecule has 0 aliphatic rings. The van der Waals surface area contributed by atoms with Gasteiger partial charge in [0.05, 0.1) is 6.54 Å². The van der Waals surface area contributed by atoms with Crippen LogP contribution in [0.4, 0.5) is 0 Å². The van der Waals surface area contributed by atoms with Gasteiger partial charge in [-0.15, -0.1) is 0 Å². The lowest BCUT2D eigenvalue weighted by atomic mass is 10.2. The number of hydrogen-bond donors (Lipinski definition) is 3. The molecule has 1 aromatic carbocycles. The smallest absolute Gasteiger partial charge is 0.251 e. The zero-order chi connectivity index (χ0) is 15.1. The number of rotatable bonds is 5. The Bertz CT molecular complexity index is 680. The van der Waals surface area contributed by atoms with Crippen LogP contribution < -0.4 is 16.2 Å². The summed E-state index contributed by atoms with van der Waals surface area (Å²) in [5, 5.41) is 5.15. The summed E-state index contributed by atoms with van der Waals surface area (Å²) in [6, 6.07) is 12.1. The van der Waals surface area contributed by atoms with Crippen LogP contribution in [0.2, 0.25) is 0 Å². The second-order valence-electron chi connectivity index (χ2n) is 4.39. The van der Waals surface area contributed by atoms with Crippen molar-refractivity contribution in [3.8, 4) is 0 Å². The minimum absolute atomic E-state index is 0.140. The van der Waals surface area contributed by atoms with E-state index in [0.717, 1.165) is 5.56 Å². The Labute approximate surface area is 121 Å². The summed E-state index contributed by atoms with van der Waals surface area (Å²) in [5.74, 6) is -0.756. The third-order valence-electron chi connectivity index (χ3n) is 2.78. The van der Waals surface area contributed by atoms with E-state index in [-0.39, 0.29) is 23.6 Å². The van der Waals surface area contributed by atoms with Gasteiger partial charge in [-0.3, -0.25) is 14.4 Å². The number of H-pyrrole nitrogens is 1. The van der Waals surface area contributed by atoms with E-state index in [1.54, 1.807) is 0 Å². The van der Waals surface area contributed by atoms with Crippen molar-refractivity contribution in [1.82, 2.24) is 15.6 Å². The van der Waals surface area contributed by atoms with Crippen molar-refractivity contribution in [3.05, 3.63) is 70.1 Å². The molecule has 0 saturated carbocycles. The highest BCUT2D eigenvalue weighted by molar-refractivity contribution is 5.96. The van der Waals surface area contributed by atoms with E-state index >= 15 is 0 Å². The standard InChI is InChI=1S/C15H15N3O3/c19-13-8-12(6-7-16-13)15(21)18-10-14(20)17-9-11-4-2-1-3-5-11/h1-8H,9-10H2,(H,16,19)(H,17,20)(H,18,21). The van der Waals surface area contributed by atoms with Crippen LogP contribution in [0.1, 0.15) is 15.9 Å². The monoisotopic (exact) mass is 285 g/mol. The van der Waals surface area contributed by atoms with Crippen molar-refractivity contribution in [3.63, 3.8) is 0 Å². The van der Waals surface area contributed by atoms with E-state index in [0.29, 0.717) is 6.54 Å². The molecule has 0 bridgehead atoms. The summed E-state index contributed by atoms with van der Waals surface area (Å²) < 4.78 is 0. The molecule has 0 aliphatic carbocycles. The zero-order valence-electron chi connectivity index (χ0n) is 11.3. The summed E-state index contributed by atoms with van der Waals surface area (Å²) in [4.78, 5) is 36.8. The maximum Gasteiger partial charge on any atom is 0.251 e. The van der Waals surface area contributed by atoms with Crippen molar-refractivity contribution in [2.24, 2.45) is 0 Å². The molecule has 0 unspecified atom stereocenters. The van der Waals surface area contributed by atoms with Gasteiger partial charge in [0.2, 0.25) is 11.5 Å². The van der Waals surface area contributed by atoms with Crippen LogP contribution in [0.15, 0.2) is 53.5 Å². The van der Waals surface area contributed by atoms with E-state index in [1.165, 1.54) is 18.3 Å². The van der Waals surface area contributed by atoms with Gasteiger partial charge in [-0.25, -0.2) is 0 Å². The van der Waals surface area contributed by atoms with Gasteiger partial charge in [0, 0.05) is 24.4 Å². The number of pyridine rings is 1. The van der Waals surface area contributed by atoms with Crippen LogP contribution in [-0.4, -0.2) is 23.3 Å². The number of hydrogen-bond acceptors (Lipinski definition) is 3. The molecule has 3 N–H and O–H groups in total. The molecule has 1 heterocycles. The van der Waals surface area contributed by atoms with Crippen LogP contribution in [0, 0.1) is 0 Å². The van der Waals surface area contributed by atoms with Gasteiger partial charge in [0.1, 0.15) is 0 Å². The van der Waals surface area contributed by atoms with Crippen molar-refractivity contribution in [2.45, 2.75) is 6.54 Å². The van der Waals surface area contributed by atoms with E-state index in [9.17, 15) is 14.4 Å².